The Balaban J connectivity index is 2.55. The number of nitrogens with zero attached hydrogens (tertiary/aromatic N) is 1. The third-order valence-electron chi connectivity index (χ3n) is 2.19. The smallest absolute Gasteiger partial charge is 0.408 e. The first-order valence-electron chi connectivity index (χ1n) is 5.93. The highest BCUT2D eigenvalue weighted by atomic mass is 16.6. The molecule has 0 heterocycles. The summed E-state index contributed by atoms with van der Waals surface area (Å²) in [5, 5.41) is 12.8. The Bertz CT molecular complexity index is 517. The number of nitro benzene ring substituents is 1. The molecule has 1 N–H and O–H groups in total. The molecule has 1 aromatic carbocycles. The van der Waals surface area contributed by atoms with Gasteiger partial charge in [0, 0.05) is 17.7 Å². The molecule has 1 amide bonds. The average molecular weight is 280 g/mol. The summed E-state index contributed by atoms with van der Waals surface area (Å²) in [6.07, 6.45) is -0.687. The van der Waals surface area contributed by atoms with Gasteiger partial charge < -0.3 is 10.1 Å². The van der Waals surface area contributed by atoms with E-state index >= 15 is 0 Å². The van der Waals surface area contributed by atoms with E-state index in [0.29, 0.717) is 0 Å². The fourth-order valence-electron chi connectivity index (χ4n) is 1.34. The van der Waals surface area contributed by atoms with Gasteiger partial charge in [-0.25, -0.2) is 4.79 Å². The van der Waals surface area contributed by atoms with Crippen molar-refractivity contribution in [1.82, 2.24) is 5.32 Å². The Morgan fingerprint density at radius 1 is 1.25 bits per heavy atom. The van der Waals surface area contributed by atoms with Crippen LogP contribution in [-0.4, -0.2) is 28.9 Å². The minimum absolute atomic E-state index is 0.0957. The van der Waals surface area contributed by atoms with E-state index in [2.05, 4.69) is 5.32 Å². The third-order valence-corrected chi connectivity index (χ3v) is 2.19. The minimum Gasteiger partial charge on any atom is -0.444 e. The maximum absolute atomic E-state index is 11.8. The second kappa shape index (κ2) is 6.14. The van der Waals surface area contributed by atoms with Crippen LogP contribution in [0.4, 0.5) is 10.5 Å². The standard InChI is InChI=1S/C13H16N2O5/c1-13(2,3)20-12(17)14-8-11(16)9-4-6-10(7-5-9)15(18)19/h4-7H,8H2,1-3H3,(H,14,17). The van der Waals surface area contributed by atoms with Gasteiger partial charge in [-0.2, -0.15) is 0 Å². The monoisotopic (exact) mass is 280 g/mol. The van der Waals surface area contributed by atoms with Crippen LogP contribution in [0.1, 0.15) is 31.1 Å². The van der Waals surface area contributed by atoms with Gasteiger partial charge in [0.1, 0.15) is 5.60 Å². The van der Waals surface area contributed by atoms with Crippen LogP contribution in [0.5, 0.6) is 0 Å². The number of nitrogens with one attached hydrogen (secondary N) is 1. The van der Waals surface area contributed by atoms with Crippen LogP contribution in [0.3, 0.4) is 0 Å². The van der Waals surface area contributed by atoms with Crippen molar-refractivity contribution in [2.45, 2.75) is 26.4 Å². The molecule has 0 saturated carbocycles. The minimum atomic E-state index is -0.687. The Labute approximate surface area is 116 Å². The number of carbonyl (C=O) groups is 2. The third kappa shape index (κ3) is 5.05. The van der Waals surface area contributed by atoms with Crippen molar-refractivity contribution in [2.75, 3.05) is 6.54 Å². The molecular formula is C13H16N2O5. The number of benzene rings is 1. The molecule has 0 spiro atoms. The lowest BCUT2D eigenvalue weighted by Crippen LogP contribution is -2.35. The Morgan fingerprint density at radius 2 is 1.80 bits per heavy atom. The van der Waals surface area contributed by atoms with Crippen LogP contribution in [0.2, 0.25) is 0 Å². The molecule has 7 nitrogen and oxygen atoms in total. The lowest BCUT2D eigenvalue weighted by Gasteiger charge is -2.19. The van der Waals surface area contributed by atoms with Crippen molar-refractivity contribution >= 4 is 17.6 Å². The van der Waals surface area contributed by atoms with Gasteiger partial charge in [-0.3, -0.25) is 14.9 Å². The van der Waals surface area contributed by atoms with E-state index in [1.54, 1.807) is 20.8 Å². The quantitative estimate of drug-likeness (QED) is 0.518. The second-order valence-electron chi connectivity index (χ2n) is 5.08. The summed E-state index contributed by atoms with van der Waals surface area (Å²) >= 11 is 0. The Hall–Kier alpha value is -2.44. The molecule has 0 aliphatic carbocycles. The molecule has 0 aromatic heterocycles. The number of ether oxygens (including phenoxy) is 1. The van der Waals surface area contributed by atoms with Crippen LogP contribution >= 0.6 is 0 Å². The molecule has 0 aliphatic heterocycles. The molecule has 1 rings (SSSR count). The number of nitro groups is 1. The molecule has 1 aromatic rings. The van der Waals surface area contributed by atoms with E-state index in [1.807, 2.05) is 0 Å². The van der Waals surface area contributed by atoms with Gasteiger partial charge in [0.2, 0.25) is 0 Å². The molecule has 0 atom stereocenters. The van der Waals surface area contributed by atoms with Crippen LogP contribution in [-0.2, 0) is 4.74 Å². The van der Waals surface area contributed by atoms with E-state index in [1.165, 1.54) is 24.3 Å². The normalized spacial score (nSPS) is 10.8. The lowest BCUT2D eigenvalue weighted by atomic mass is 10.1. The number of ketones is 1. The molecule has 108 valence electrons. The zero-order valence-electron chi connectivity index (χ0n) is 11.5. The van der Waals surface area contributed by atoms with Gasteiger partial charge in [-0.1, -0.05) is 0 Å². The van der Waals surface area contributed by atoms with Crippen LogP contribution in [0.15, 0.2) is 24.3 Å². The highest BCUT2D eigenvalue weighted by molar-refractivity contribution is 5.99. The first-order valence-corrected chi connectivity index (χ1v) is 5.93. The van der Waals surface area contributed by atoms with Gasteiger partial charge in [0.05, 0.1) is 11.5 Å². The van der Waals surface area contributed by atoms with E-state index in [9.17, 15) is 19.7 Å². The highest BCUT2D eigenvalue weighted by Crippen LogP contribution is 2.12. The zero-order chi connectivity index (χ0) is 15.3. The number of Topliss-reactive ketones (excluding diaryl/α,β-unsaturated/α-hetero) is 1. The van der Waals surface area contributed by atoms with Crippen molar-refractivity contribution in [3.63, 3.8) is 0 Å². The molecule has 0 fully saturated rings. The molecule has 0 saturated heterocycles. The van der Waals surface area contributed by atoms with E-state index in [-0.39, 0.29) is 23.6 Å². The molecule has 20 heavy (non-hydrogen) atoms. The van der Waals surface area contributed by atoms with Crippen molar-refractivity contribution in [1.29, 1.82) is 0 Å². The van der Waals surface area contributed by atoms with Gasteiger partial charge >= 0.3 is 6.09 Å². The molecule has 0 unspecified atom stereocenters. The molecule has 0 radical (unpaired) electrons. The summed E-state index contributed by atoms with van der Waals surface area (Å²) in [4.78, 5) is 33.0. The number of hydrogen-bond donors (Lipinski definition) is 1. The van der Waals surface area contributed by atoms with Crippen molar-refractivity contribution < 1.29 is 19.2 Å². The SMILES string of the molecule is CC(C)(C)OC(=O)NCC(=O)c1ccc([N+](=O)[O-])cc1. The molecular weight excluding hydrogens is 264 g/mol. The number of carbonyl (C=O) groups excluding carboxylic acids is 2. The topological polar surface area (TPSA) is 98.5 Å². The number of amides is 1. The largest absolute Gasteiger partial charge is 0.444 e. The molecule has 0 bridgehead atoms. The second-order valence-corrected chi connectivity index (χ2v) is 5.08. The predicted octanol–water partition coefficient (Wildman–Crippen LogP) is 2.30. The fourth-order valence-corrected chi connectivity index (χ4v) is 1.34. The summed E-state index contributed by atoms with van der Waals surface area (Å²) < 4.78 is 4.98. The van der Waals surface area contributed by atoms with E-state index in [4.69, 9.17) is 4.74 Å². The lowest BCUT2D eigenvalue weighted by molar-refractivity contribution is -0.384. The van der Waals surface area contributed by atoms with Crippen LogP contribution in [0.25, 0.3) is 0 Å². The maximum atomic E-state index is 11.8. The molecule has 0 aliphatic rings. The Morgan fingerprint density at radius 3 is 2.25 bits per heavy atom. The summed E-state index contributed by atoms with van der Waals surface area (Å²) in [6.45, 7) is 4.91. The van der Waals surface area contributed by atoms with Crippen molar-refractivity contribution in [2.24, 2.45) is 0 Å². The summed E-state index contributed by atoms with van der Waals surface area (Å²) in [7, 11) is 0. The maximum Gasteiger partial charge on any atom is 0.408 e. The number of alkyl carbamates (subject to hydrolysis) is 1. The van der Waals surface area contributed by atoms with Crippen molar-refractivity contribution in [3.8, 4) is 0 Å². The first-order chi connectivity index (χ1) is 9.19. The summed E-state index contributed by atoms with van der Waals surface area (Å²) in [5.74, 6) is -0.356. The first kappa shape index (κ1) is 15.6. The fraction of sp³-hybridized carbons (Fsp3) is 0.385. The number of non-ortho nitro benzene ring substituents is 1. The zero-order valence-corrected chi connectivity index (χ0v) is 11.5. The van der Waals surface area contributed by atoms with Gasteiger partial charge in [-0.15, -0.1) is 0 Å². The van der Waals surface area contributed by atoms with Gasteiger partial charge in [-0.05, 0) is 32.9 Å². The summed E-state index contributed by atoms with van der Waals surface area (Å²) in [5.41, 5.74) is -0.450. The van der Waals surface area contributed by atoms with Crippen molar-refractivity contribution in [3.05, 3.63) is 39.9 Å². The van der Waals surface area contributed by atoms with E-state index < -0.39 is 16.6 Å². The molecule has 7 heteroatoms. The highest BCUT2D eigenvalue weighted by Gasteiger charge is 2.17. The number of hydrogen-bond acceptors (Lipinski definition) is 5. The van der Waals surface area contributed by atoms with Crippen LogP contribution in [0, 0.1) is 10.1 Å². The Kier molecular flexibility index (Phi) is 4.79. The number of rotatable bonds is 4. The predicted molar refractivity (Wildman–Crippen MR) is 71.7 cm³/mol. The van der Waals surface area contributed by atoms with E-state index in [0.717, 1.165) is 0 Å². The van der Waals surface area contributed by atoms with Crippen LogP contribution < -0.4 is 5.32 Å². The summed E-state index contributed by atoms with van der Waals surface area (Å²) in [6, 6.07) is 5.16. The van der Waals surface area contributed by atoms with Gasteiger partial charge in [0.15, 0.2) is 5.78 Å². The van der Waals surface area contributed by atoms with Gasteiger partial charge in [0.25, 0.3) is 5.69 Å². The average Bonchev–Trinajstić information content (AvgIpc) is 2.34.